The molecule has 0 spiro atoms. The largest absolute Gasteiger partial charge is 0.370 e. The van der Waals surface area contributed by atoms with Gasteiger partial charge in [0.2, 0.25) is 0 Å². The van der Waals surface area contributed by atoms with Gasteiger partial charge in [0, 0.05) is 12.6 Å². The number of nitrogens with zero attached hydrogens (tertiary/aromatic N) is 1. The molecular weight excluding hydrogens is 198 g/mol. The van der Waals surface area contributed by atoms with Crippen molar-refractivity contribution in [3.8, 4) is 0 Å². The lowest BCUT2D eigenvalue weighted by Crippen LogP contribution is -2.39. The zero-order chi connectivity index (χ0) is 12.0. The average Bonchev–Trinajstić information content (AvgIpc) is 2.68. The molecule has 0 aromatic rings. The van der Waals surface area contributed by atoms with Crippen LogP contribution in [-0.2, 0) is 0 Å². The summed E-state index contributed by atoms with van der Waals surface area (Å²) in [4.78, 5) is 4.41. The first kappa shape index (κ1) is 13.1. The zero-order valence-corrected chi connectivity index (χ0v) is 10.6. The van der Waals surface area contributed by atoms with Crippen LogP contribution >= 0.6 is 0 Å². The van der Waals surface area contributed by atoms with Gasteiger partial charge in [-0.1, -0.05) is 32.8 Å². The number of aliphatic imine (C=N–C) groups is 1. The monoisotopic (exact) mass is 223 g/mol. The summed E-state index contributed by atoms with van der Waals surface area (Å²) in [5.41, 5.74) is 6.03. The molecule has 0 radical (unpaired) electrons. The Hall–Kier alpha value is -0.990. The number of rotatable bonds is 5. The molecule has 0 heterocycles. The number of guanidine groups is 1. The van der Waals surface area contributed by atoms with E-state index in [0.717, 1.165) is 13.0 Å². The maximum absolute atomic E-state index is 5.87. The molecule has 0 atom stereocenters. The summed E-state index contributed by atoms with van der Waals surface area (Å²) in [5.74, 6) is 0.601. The van der Waals surface area contributed by atoms with E-state index in [-0.39, 0.29) is 5.41 Å². The standard InChI is InChI=1S/C13H25N3/c1-4-9-13(2,3)10-15-12(14)16-11-7-5-6-8-11/h4,11H,1,5-10H2,2-3H3,(H3,14,15,16). The van der Waals surface area contributed by atoms with E-state index in [9.17, 15) is 0 Å². The lowest BCUT2D eigenvalue weighted by atomic mass is 9.90. The number of nitrogens with two attached hydrogens (primary N) is 1. The molecule has 3 nitrogen and oxygen atoms in total. The second kappa shape index (κ2) is 5.92. The van der Waals surface area contributed by atoms with Gasteiger partial charge < -0.3 is 11.1 Å². The number of nitrogens with one attached hydrogen (secondary N) is 1. The highest BCUT2D eigenvalue weighted by Crippen LogP contribution is 2.21. The smallest absolute Gasteiger partial charge is 0.188 e. The molecule has 0 bridgehead atoms. The maximum atomic E-state index is 5.87. The fourth-order valence-corrected chi connectivity index (χ4v) is 2.08. The highest BCUT2D eigenvalue weighted by Gasteiger charge is 2.17. The summed E-state index contributed by atoms with van der Waals surface area (Å²) in [5, 5.41) is 3.30. The van der Waals surface area contributed by atoms with Crippen LogP contribution in [-0.4, -0.2) is 18.5 Å². The van der Waals surface area contributed by atoms with Crippen molar-refractivity contribution in [1.29, 1.82) is 0 Å². The third kappa shape index (κ3) is 4.69. The Balaban J connectivity index is 2.34. The zero-order valence-electron chi connectivity index (χ0n) is 10.6. The van der Waals surface area contributed by atoms with Crippen molar-refractivity contribution in [2.75, 3.05) is 6.54 Å². The molecule has 3 heteroatoms. The van der Waals surface area contributed by atoms with E-state index in [1.807, 2.05) is 6.08 Å². The fourth-order valence-electron chi connectivity index (χ4n) is 2.08. The van der Waals surface area contributed by atoms with Crippen molar-refractivity contribution in [1.82, 2.24) is 5.32 Å². The van der Waals surface area contributed by atoms with E-state index >= 15 is 0 Å². The predicted octanol–water partition coefficient (Wildman–Crippen LogP) is 2.44. The molecule has 0 amide bonds. The molecule has 1 rings (SSSR count). The van der Waals surface area contributed by atoms with E-state index in [2.05, 4.69) is 30.7 Å². The molecule has 1 saturated carbocycles. The minimum absolute atomic E-state index is 0.156. The van der Waals surface area contributed by atoms with E-state index in [1.165, 1.54) is 25.7 Å². The summed E-state index contributed by atoms with van der Waals surface area (Å²) in [7, 11) is 0. The normalized spacial score (nSPS) is 18.8. The van der Waals surface area contributed by atoms with Crippen molar-refractivity contribution >= 4 is 5.96 Å². The second-order valence-electron chi connectivity index (χ2n) is 5.48. The highest BCUT2D eigenvalue weighted by molar-refractivity contribution is 5.78. The van der Waals surface area contributed by atoms with Gasteiger partial charge in [-0.3, -0.25) is 4.99 Å². The summed E-state index contributed by atoms with van der Waals surface area (Å²) in [6.07, 6.45) is 7.99. The molecule has 92 valence electrons. The van der Waals surface area contributed by atoms with E-state index in [1.54, 1.807) is 0 Å². The van der Waals surface area contributed by atoms with Crippen LogP contribution in [0.4, 0.5) is 0 Å². The molecule has 16 heavy (non-hydrogen) atoms. The number of hydrogen-bond donors (Lipinski definition) is 2. The fraction of sp³-hybridized carbons (Fsp3) is 0.769. The SMILES string of the molecule is C=CCC(C)(C)CN=C(N)NC1CCCC1. The predicted molar refractivity (Wildman–Crippen MR) is 70.5 cm³/mol. The van der Waals surface area contributed by atoms with Gasteiger partial charge in [0.1, 0.15) is 0 Å². The van der Waals surface area contributed by atoms with Gasteiger partial charge in [-0.2, -0.15) is 0 Å². The van der Waals surface area contributed by atoms with Crippen LogP contribution < -0.4 is 11.1 Å². The lowest BCUT2D eigenvalue weighted by Gasteiger charge is -2.21. The Kier molecular flexibility index (Phi) is 4.84. The molecule has 1 aliphatic rings. The molecule has 3 N–H and O–H groups in total. The number of allylic oxidation sites excluding steroid dienone is 1. The lowest BCUT2D eigenvalue weighted by molar-refractivity contribution is 0.385. The Labute approximate surface area is 99.2 Å². The van der Waals surface area contributed by atoms with Crippen molar-refractivity contribution in [2.45, 2.75) is 52.0 Å². The first-order valence-electron chi connectivity index (χ1n) is 6.21. The van der Waals surface area contributed by atoms with Crippen LogP contribution in [0.1, 0.15) is 46.0 Å². The molecule has 0 unspecified atom stereocenters. The molecule has 0 aromatic carbocycles. The van der Waals surface area contributed by atoms with Crippen LogP contribution in [0.2, 0.25) is 0 Å². The van der Waals surface area contributed by atoms with E-state index < -0.39 is 0 Å². The van der Waals surface area contributed by atoms with E-state index in [4.69, 9.17) is 5.73 Å². The highest BCUT2D eigenvalue weighted by atomic mass is 15.1. The first-order valence-corrected chi connectivity index (χ1v) is 6.21. The van der Waals surface area contributed by atoms with E-state index in [0.29, 0.717) is 12.0 Å². The summed E-state index contributed by atoms with van der Waals surface area (Å²) < 4.78 is 0. The Bertz CT molecular complexity index is 250. The second-order valence-corrected chi connectivity index (χ2v) is 5.48. The van der Waals surface area contributed by atoms with Crippen molar-refractivity contribution in [3.05, 3.63) is 12.7 Å². The summed E-state index contributed by atoms with van der Waals surface area (Å²) in [6, 6.07) is 0.547. The van der Waals surface area contributed by atoms with Crippen LogP contribution in [0.3, 0.4) is 0 Å². The molecular formula is C13H25N3. The molecule has 0 saturated heterocycles. The Morgan fingerprint density at radius 3 is 2.69 bits per heavy atom. The molecule has 0 aliphatic heterocycles. The van der Waals surface area contributed by atoms with Crippen LogP contribution in [0, 0.1) is 5.41 Å². The molecule has 0 aromatic heterocycles. The van der Waals surface area contributed by atoms with Crippen LogP contribution in [0.25, 0.3) is 0 Å². The van der Waals surface area contributed by atoms with Gasteiger partial charge in [0.05, 0.1) is 0 Å². The minimum atomic E-state index is 0.156. The molecule has 1 fully saturated rings. The van der Waals surface area contributed by atoms with Gasteiger partial charge in [0.25, 0.3) is 0 Å². The van der Waals surface area contributed by atoms with Crippen molar-refractivity contribution in [3.63, 3.8) is 0 Å². The quantitative estimate of drug-likeness (QED) is 0.427. The molecule has 1 aliphatic carbocycles. The maximum Gasteiger partial charge on any atom is 0.188 e. The topological polar surface area (TPSA) is 50.4 Å². The van der Waals surface area contributed by atoms with Gasteiger partial charge in [-0.05, 0) is 24.7 Å². The Morgan fingerprint density at radius 1 is 1.50 bits per heavy atom. The third-order valence-electron chi connectivity index (χ3n) is 3.08. The van der Waals surface area contributed by atoms with Crippen molar-refractivity contribution < 1.29 is 0 Å². The third-order valence-corrected chi connectivity index (χ3v) is 3.08. The van der Waals surface area contributed by atoms with Gasteiger partial charge in [0.15, 0.2) is 5.96 Å². The minimum Gasteiger partial charge on any atom is -0.370 e. The van der Waals surface area contributed by atoms with Gasteiger partial charge >= 0.3 is 0 Å². The average molecular weight is 223 g/mol. The van der Waals surface area contributed by atoms with Crippen LogP contribution in [0.5, 0.6) is 0 Å². The number of hydrogen-bond acceptors (Lipinski definition) is 1. The van der Waals surface area contributed by atoms with Crippen LogP contribution in [0.15, 0.2) is 17.6 Å². The van der Waals surface area contributed by atoms with Crippen molar-refractivity contribution in [2.24, 2.45) is 16.1 Å². The van der Waals surface area contributed by atoms with Gasteiger partial charge in [-0.25, -0.2) is 0 Å². The summed E-state index contributed by atoms with van der Waals surface area (Å²) >= 11 is 0. The first-order chi connectivity index (χ1) is 7.53. The summed E-state index contributed by atoms with van der Waals surface area (Å²) in [6.45, 7) is 8.88. The van der Waals surface area contributed by atoms with Gasteiger partial charge in [-0.15, -0.1) is 6.58 Å². The Morgan fingerprint density at radius 2 is 2.12 bits per heavy atom.